The van der Waals surface area contributed by atoms with E-state index in [1.165, 1.54) is 11.0 Å². The number of imidazole rings is 1. The molecule has 4 heteroatoms. The van der Waals surface area contributed by atoms with Crippen molar-refractivity contribution < 1.29 is 9.30 Å². The van der Waals surface area contributed by atoms with E-state index in [0.717, 1.165) is 17.1 Å². The van der Waals surface area contributed by atoms with Gasteiger partial charge < -0.3 is 4.74 Å². The van der Waals surface area contributed by atoms with Crippen molar-refractivity contribution in [2.75, 3.05) is 6.61 Å². The van der Waals surface area contributed by atoms with E-state index in [-0.39, 0.29) is 11.6 Å². The number of para-hydroxylation sites is 2. The summed E-state index contributed by atoms with van der Waals surface area (Å²) in [5.41, 5.74) is 4.58. The molecule has 0 fully saturated rings. The standard InChI is InChI=1S/C23H28N3O/c1-16(2)19-14-27-22(24-19)17-9-8-10-18(13-17)25-15-26(23(3,4)5)21-12-7-6-11-20(21)25/h6-13,15-16,19H,14H2,1-5H3/q+1. The summed E-state index contributed by atoms with van der Waals surface area (Å²) in [6, 6.07) is 17.2. The Morgan fingerprint density at radius 2 is 1.89 bits per heavy atom. The molecule has 1 aliphatic heterocycles. The van der Waals surface area contributed by atoms with E-state index in [2.05, 4.69) is 98.6 Å². The summed E-state index contributed by atoms with van der Waals surface area (Å²) in [5, 5.41) is 0. The monoisotopic (exact) mass is 362 g/mol. The average Bonchev–Trinajstić information content (AvgIpc) is 3.27. The fourth-order valence-corrected chi connectivity index (χ4v) is 3.53. The molecule has 0 N–H and O–H groups in total. The van der Waals surface area contributed by atoms with Crippen molar-refractivity contribution in [3.63, 3.8) is 0 Å². The van der Waals surface area contributed by atoms with Crippen LogP contribution in [-0.4, -0.2) is 23.1 Å². The highest BCUT2D eigenvalue weighted by Gasteiger charge is 2.27. The molecule has 140 valence electrons. The van der Waals surface area contributed by atoms with E-state index in [1.54, 1.807) is 0 Å². The molecular formula is C23H28N3O+. The predicted molar refractivity (Wildman–Crippen MR) is 110 cm³/mol. The predicted octanol–water partition coefficient (Wildman–Crippen LogP) is 4.47. The van der Waals surface area contributed by atoms with Crippen molar-refractivity contribution in [3.05, 3.63) is 60.4 Å². The number of fused-ring (bicyclic) bond motifs is 1. The maximum absolute atomic E-state index is 5.89. The van der Waals surface area contributed by atoms with E-state index in [9.17, 15) is 0 Å². The SMILES string of the molecule is CC(C)C1COC(c2cccc(-n3c[n+](C(C)(C)C)c4ccccc43)c2)=N1. The highest BCUT2D eigenvalue weighted by molar-refractivity contribution is 5.95. The van der Waals surface area contributed by atoms with Gasteiger partial charge in [0.05, 0.1) is 6.04 Å². The lowest BCUT2D eigenvalue weighted by Crippen LogP contribution is -2.49. The fraction of sp³-hybridized carbons (Fsp3) is 0.391. The number of hydrogen-bond donors (Lipinski definition) is 0. The molecule has 2 heterocycles. The van der Waals surface area contributed by atoms with Crippen LogP contribution in [0.1, 0.15) is 40.2 Å². The van der Waals surface area contributed by atoms with Crippen molar-refractivity contribution in [2.45, 2.75) is 46.2 Å². The molecule has 2 aromatic carbocycles. The minimum atomic E-state index is 0.00555. The summed E-state index contributed by atoms with van der Waals surface area (Å²) in [4.78, 5) is 4.78. The lowest BCUT2D eigenvalue weighted by Gasteiger charge is -2.14. The first kappa shape index (κ1) is 17.8. The fourth-order valence-electron chi connectivity index (χ4n) is 3.53. The second-order valence-electron chi connectivity index (χ2n) is 8.62. The molecule has 4 nitrogen and oxygen atoms in total. The maximum atomic E-state index is 5.89. The lowest BCUT2D eigenvalue weighted by molar-refractivity contribution is -0.731. The first-order valence-corrected chi connectivity index (χ1v) is 9.68. The number of hydrogen-bond acceptors (Lipinski definition) is 2. The third-order valence-corrected chi connectivity index (χ3v) is 5.17. The van der Waals surface area contributed by atoms with Gasteiger partial charge in [-0.3, -0.25) is 0 Å². The van der Waals surface area contributed by atoms with Gasteiger partial charge in [0.1, 0.15) is 17.8 Å². The molecule has 0 aliphatic carbocycles. The molecule has 3 aromatic rings. The first-order chi connectivity index (χ1) is 12.8. The van der Waals surface area contributed by atoms with Crippen LogP contribution >= 0.6 is 0 Å². The van der Waals surface area contributed by atoms with E-state index in [0.29, 0.717) is 12.5 Å². The molecule has 1 unspecified atom stereocenters. The largest absolute Gasteiger partial charge is 0.475 e. The number of ether oxygens (including phenoxy) is 1. The van der Waals surface area contributed by atoms with Crippen molar-refractivity contribution in [1.29, 1.82) is 0 Å². The molecule has 0 radical (unpaired) electrons. The number of aromatic nitrogens is 2. The van der Waals surface area contributed by atoms with Crippen LogP contribution in [0.3, 0.4) is 0 Å². The average molecular weight is 362 g/mol. The molecule has 1 aromatic heterocycles. The summed E-state index contributed by atoms with van der Waals surface area (Å²) in [7, 11) is 0. The van der Waals surface area contributed by atoms with Crippen LogP contribution in [0.25, 0.3) is 16.7 Å². The van der Waals surface area contributed by atoms with Crippen LogP contribution in [0.5, 0.6) is 0 Å². The smallest absolute Gasteiger partial charge is 0.250 e. The third kappa shape index (κ3) is 3.25. The van der Waals surface area contributed by atoms with Crippen LogP contribution in [0.2, 0.25) is 0 Å². The number of benzene rings is 2. The van der Waals surface area contributed by atoms with Gasteiger partial charge >= 0.3 is 0 Å². The van der Waals surface area contributed by atoms with Gasteiger partial charge in [-0.1, -0.05) is 32.0 Å². The Morgan fingerprint density at radius 1 is 1.11 bits per heavy atom. The minimum Gasteiger partial charge on any atom is -0.475 e. The Balaban J connectivity index is 1.81. The summed E-state index contributed by atoms with van der Waals surface area (Å²) in [6.07, 6.45) is 2.19. The molecule has 1 atom stereocenters. The van der Waals surface area contributed by atoms with Crippen LogP contribution in [0.4, 0.5) is 0 Å². The van der Waals surface area contributed by atoms with Crippen molar-refractivity contribution in [3.8, 4) is 5.69 Å². The van der Waals surface area contributed by atoms with Gasteiger partial charge in [0.2, 0.25) is 12.2 Å². The van der Waals surface area contributed by atoms with Crippen LogP contribution < -0.4 is 4.57 Å². The topological polar surface area (TPSA) is 30.4 Å². The van der Waals surface area contributed by atoms with Crippen LogP contribution in [0, 0.1) is 5.92 Å². The Labute approximate surface area is 161 Å². The molecular weight excluding hydrogens is 334 g/mol. The number of rotatable bonds is 3. The molecule has 4 rings (SSSR count). The number of aliphatic imine (C=N–C) groups is 1. The zero-order chi connectivity index (χ0) is 19.2. The zero-order valence-electron chi connectivity index (χ0n) is 16.8. The van der Waals surface area contributed by atoms with E-state index in [1.807, 2.05) is 0 Å². The van der Waals surface area contributed by atoms with Gasteiger partial charge in [0.15, 0.2) is 11.0 Å². The summed E-state index contributed by atoms with van der Waals surface area (Å²) in [6.45, 7) is 11.7. The zero-order valence-corrected chi connectivity index (χ0v) is 16.8. The van der Waals surface area contributed by atoms with Gasteiger partial charge in [-0.15, -0.1) is 0 Å². The Hall–Kier alpha value is -2.62. The summed E-state index contributed by atoms with van der Waals surface area (Å²) in [5.74, 6) is 1.25. The highest BCUT2D eigenvalue weighted by atomic mass is 16.5. The van der Waals surface area contributed by atoms with Crippen LogP contribution in [0.15, 0.2) is 59.9 Å². The molecule has 27 heavy (non-hydrogen) atoms. The van der Waals surface area contributed by atoms with Gasteiger partial charge in [-0.05, 0) is 57.0 Å². The van der Waals surface area contributed by atoms with Gasteiger partial charge in [0, 0.05) is 5.56 Å². The van der Waals surface area contributed by atoms with E-state index in [4.69, 9.17) is 9.73 Å². The quantitative estimate of drug-likeness (QED) is 0.632. The highest BCUT2D eigenvalue weighted by Crippen LogP contribution is 2.23. The Morgan fingerprint density at radius 3 is 2.59 bits per heavy atom. The third-order valence-electron chi connectivity index (χ3n) is 5.17. The second kappa shape index (κ2) is 6.52. The number of nitrogens with zero attached hydrogens (tertiary/aromatic N) is 3. The van der Waals surface area contributed by atoms with E-state index < -0.39 is 0 Å². The lowest BCUT2D eigenvalue weighted by atomic mass is 10.1. The molecule has 0 bridgehead atoms. The van der Waals surface area contributed by atoms with E-state index >= 15 is 0 Å². The van der Waals surface area contributed by atoms with Crippen molar-refractivity contribution in [2.24, 2.45) is 10.9 Å². The first-order valence-electron chi connectivity index (χ1n) is 9.68. The van der Waals surface area contributed by atoms with Crippen molar-refractivity contribution >= 4 is 16.9 Å². The molecule has 0 saturated carbocycles. The molecule has 0 spiro atoms. The normalized spacial score (nSPS) is 17.4. The Kier molecular flexibility index (Phi) is 4.29. The molecule has 0 saturated heterocycles. The maximum Gasteiger partial charge on any atom is 0.250 e. The summed E-state index contributed by atoms with van der Waals surface area (Å²) >= 11 is 0. The second-order valence-corrected chi connectivity index (χ2v) is 8.62. The van der Waals surface area contributed by atoms with Crippen LogP contribution in [-0.2, 0) is 10.3 Å². The van der Waals surface area contributed by atoms with Crippen molar-refractivity contribution in [1.82, 2.24) is 4.57 Å². The Bertz CT molecular complexity index is 1010. The molecule has 1 aliphatic rings. The summed E-state index contributed by atoms with van der Waals surface area (Å²) < 4.78 is 10.5. The van der Waals surface area contributed by atoms with Gasteiger partial charge in [-0.25, -0.2) is 9.56 Å². The van der Waals surface area contributed by atoms with Gasteiger partial charge in [-0.2, -0.15) is 4.57 Å². The molecule has 0 amide bonds. The van der Waals surface area contributed by atoms with Gasteiger partial charge in [0.25, 0.3) is 0 Å². The minimum absolute atomic E-state index is 0.00555.